The summed E-state index contributed by atoms with van der Waals surface area (Å²) < 4.78 is 68.7. The van der Waals surface area contributed by atoms with E-state index in [1.54, 1.807) is 18.2 Å². The number of halogens is 4. The summed E-state index contributed by atoms with van der Waals surface area (Å²) >= 11 is 0. The number of rotatable bonds is 7. The monoisotopic (exact) mass is 516 g/mol. The maximum Gasteiger partial charge on any atom is 0.418 e. The highest BCUT2D eigenvalue weighted by Crippen LogP contribution is 2.36. The minimum absolute atomic E-state index is 0.00415. The van der Waals surface area contributed by atoms with Crippen LogP contribution < -0.4 is 9.47 Å². The Bertz CT molecular complexity index is 1330. The Morgan fingerprint density at radius 3 is 2.65 bits per heavy atom. The van der Waals surface area contributed by atoms with Crippen LogP contribution in [0.2, 0.25) is 0 Å². The number of carboxylic acids is 1. The molecule has 0 amide bonds. The molecule has 0 saturated carbocycles. The number of carboxylic acid groups (broad SMARTS) is 1. The van der Waals surface area contributed by atoms with Crippen LogP contribution in [0.3, 0.4) is 0 Å². The van der Waals surface area contributed by atoms with Crippen molar-refractivity contribution in [1.82, 2.24) is 9.47 Å². The van der Waals surface area contributed by atoms with Crippen LogP contribution in [0.5, 0.6) is 11.5 Å². The third kappa shape index (κ3) is 5.48. The first-order valence-electron chi connectivity index (χ1n) is 11.7. The van der Waals surface area contributed by atoms with Gasteiger partial charge in [0, 0.05) is 37.6 Å². The average Bonchev–Trinajstić information content (AvgIpc) is 3.55. The molecule has 2 aliphatic heterocycles. The minimum Gasteiger partial charge on any atom is -0.489 e. The summed E-state index contributed by atoms with van der Waals surface area (Å²) in [4.78, 5) is 13.2. The Balaban J connectivity index is 1.29. The predicted octanol–water partition coefficient (Wildman–Crippen LogP) is 5.40. The van der Waals surface area contributed by atoms with E-state index in [9.17, 15) is 22.4 Å². The summed E-state index contributed by atoms with van der Waals surface area (Å²) in [5.41, 5.74) is 0.584. The van der Waals surface area contributed by atoms with Crippen molar-refractivity contribution in [3.63, 3.8) is 0 Å². The second kappa shape index (κ2) is 9.93. The molecule has 6 nitrogen and oxygen atoms in total. The van der Waals surface area contributed by atoms with Crippen molar-refractivity contribution in [3.05, 3.63) is 82.9 Å². The number of alkyl halides is 3. The lowest BCUT2D eigenvalue weighted by molar-refractivity contribution is -0.141. The fourth-order valence-electron chi connectivity index (χ4n) is 4.67. The van der Waals surface area contributed by atoms with Gasteiger partial charge in [-0.2, -0.15) is 13.2 Å². The number of nitrogens with zero attached hydrogens (tertiary/aromatic N) is 2. The van der Waals surface area contributed by atoms with Crippen molar-refractivity contribution in [1.29, 1.82) is 0 Å². The first-order chi connectivity index (χ1) is 17.7. The molecule has 3 aromatic rings. The SMILES string of the molecule is O=C(O)[C@H]1CCN(CC2=Cc3c(F)cc(OCc4ccc(-n5cccc5)c(C(F)(F)F)c4)cc3OC2)C1. The lowest BCUT2D eigenvalue weighted by atomic mass is 10.1. The van der Waals surface area contributed by atoms with Crippen LogP contribution in [0, 0.1) is 11.7 Å². The van der Waals surface area contributed by atoms with Crippen molar-refractivity contribution in [2.45, 2.75) is 19.2 Å². The first-order valence-corrected chi connectivity index (χ1v) is 11.7. The van der Waals surface area contributed by atoms with Crippen LogP contribution in [-0.4, -0.2) is 46.8 Å². The van der Waals surface area contributed by atoms with Gasteiger partial charge in [0.15, 0.2) is 0 Å². The summed E-state index contributed by atoms with van der Waals surface area (Å²) in [7, 11) is 0. The van der Waals surface area contributed by atoms with Gasteiger partial charge in [-0.25, -0.2) is 4.39 Å². The largest absolute Gasteiger partial charge is 0.489 e. The summed E-state index contributed by atoms with van der Waals surface area (Å²) in [5, 5.41) is 9.17. The lowest BCUT2D eigenvalue weighted by Crippen LogP contribution is -2.27. The number of fused-ring (bicyclic) bond motifs is 1. The topological polar surface area (TPSA) is 63.9 Å². The highest BCUT2D eigenvalue weighted by Gasteiger charge is 2.34. The molecule has 1 N–H and O–H groups in total. The van der Waals surface area contributed by atoms with Gasteiger partial charge in [-0.05, 0) is 54.4 Å². The van der Waals surface area contributed by atoms with E-state index in [-0.39, 0.29) is 41.5 Å². The fourth-order valence-corrected chi connectivity index (χ4v) is 4.67. The Hall–Kier alpha value is -3.79. The van der Waals surface area contributed by atoms with Crippen LogP contribution in [0.4, 0.5) is 17.6 Å². The van der Waals surface area contributed by atoms with E-state index in [1.807, 2.05) is 4.90 Å². The van der Waals surface area contributed by atoms with Crippen molar-refractivity contribution >= 4 is 12.0 Å². The van der Waals surface area contributed by atoms with E-state index in [0.717, 1.165) is 11.6 Å². The number of ether oxygens (including phenoxy) is 2. The Kier molecular flexibility index (Phi) is 6.68. The molecule has 1 atom stereocenters. The number of carbonyl (C=O) groups is 1. The lowest BCUT2D eigenvalue weighted by Gasteiger charge is -2.23. The fraction of sp³-hybridized carbons (Fsp3) is 0.296. The van der Waals surface area contributed by atoms with E-state index in [1.165, 1.54) is 41.2 Å². The van der Waals surface area contributed by atoms with Gasteiger partial charge in [0.1, 0.15) is 30.5 Å². The molecule has 3 heterocycles. The number of benzene rings is 2. The van der Waals surface area contributed by atoms with Crippen LogP contribution in [0.1, 0.15) is 23.1 Å². The number of aliphatic carboxylic acids is 1. The zero-order valence-corrected chi connectivity index (χ0v) is 19.7. The number of hydrogen-bond donors (Lipinski definition) is 1. The molecule has 1 fully saturated rings. The van der Waals surface area contributed by atoms with Crippen molar-refractivity contribution in [2.24, 2.45) is 5.92 Å². The zero-order chi connectivity index (χ0) is 26.2. The van der Waals surface area contributed by atoms with Crippen molar-refractivity contribution in [2.75, 3.05) is 26.2 Å². The van der Waals surface area contributed by atoms with Gasteiger partial charge in [0.2, 0.25) is 0 Å². The maximum absolute atomic E-state index is 14.9. The molecule has 5 rings (SSSR count). The Labute approximate surface area is 210 Å². The molecule has 10 heteroatoms. The normalized spacial score (nSPS) is 17.7. The van der Waals surface area contributed by atoms with Gasteiger partial charge in [0.05, 0.1) is 22.7 Å². The van der Waals surface area contributed by atoms with Gasteiger partial charge in [-0.3, -0.25) is 9.69 Å². The molecule has 194 valence electrons. The first kappa shape index (κ1) is 24.9. The molecular weight excluding hydrogens is 492 g/mol. The molecule has 0 radical (unpaired) electrons. The van der Waals surface area contributed by atoms with Gasteiger partial charge < -0.3 is 19.1 Å². The van der Waals surface area contributed by atoms with Crippen LogP contribution in [-0.2, 0) is 17.6 Å². The average molecular weight is 516 g/mol. The van der Waals surface area contributed by atoms with Gasteiger partial charge >= 0.3 is 12.1 Å². The highest BCUT2D eigenvalue weighted by molar-refractivity contribution is 5.70. The summed E-state index contributed by atoms with van der Waals surface area (Å²) in [6.07, 6.45) is 0.786. The molecule has 2 aliphatic rings. The number of likely N-dealkylation sites (tertiary alicyclic amines) is 1. The Morgan fingerprint density at radius 1 is 1.16 bits per heavy atom. The molecule has 37 heavy (non-hydrogen) atoms. The van der Waals surface area contributed by atoms with Crippen molar-refractivity contribution < 1.29 is 36.9 Å². The second-order valence-electron chi connectivity index (χ2n) is 9.20. The zero-order valence-electron chi connectivity index (χ0n) is 19.7. The van der Waals surface area contributed by atoms with E-state index < -0.39 is 29.4 Å². The molecule has 0 aliphatic carbocycles. The quantitative estimate of drug-likeness (QED) is 0.427. The summed E-state index contributed by atoms with van der Waals surface area (Å²) in [5.74, 6) is -1.37. The number of aromatic nitrogens is 1. The summed E-state index contributed by atoms with van der Waals surface area (Å²) in [6, 6.07) is 9.93. The predicted molar refractivity (Wildman–Crippen MR) is 127 cm³/mol. The Morgan fingerprint density at radius 2 is 1.95 bits per heavy atom. The van der Waals surface area contributed by atoms with Crippen molar-refractivity contribution in [3.8, 4) is 17.2 Å². The minimum atomic E-state index is -4.56. The third-order valence-electron chi connectivity index (χ3n) is 6.53. The van der Waals surface area contributed by atoms with Gasteiger partial charge in [-0.15, -0.1) is 0 Å². The van der Waals surface area contributed by atoms with E-state index in [4.69, 9.17) is 14.6 Å². The second-order valence-corrected chi connectivity index (χ2v) is 9.20. The third-order valence-corrected chi connectivity index (χ3v) is 6.53. The smallest absolute Gasteiger partial charge is 0.418 e. The standard InChI is InChI=1S/C27H24F4N2O4/c28-23-11-20(12-25-21(23)9-18(16-37-25)13-32-8-5-19(14-32)26(34)35)36-15-17-3-4-24(33-6-1-2-7-33)22(10-17)27(29,30)31/h1-4,6-7,9-12,19H,5,8,13-16H2,(H,34,35)/t19-/m0/s1. The summed E-state index contributed by atoms with van der Waals surface area (Å²) in [6.45, 7) is 1.62. The number of hydrogen-bond acceptors (Lipinski definition) is 4. The molecule has 2 aromatic carbocycles. The van der Waals surface area contributed by atoms with Crippen LogP contribution in [0.25, 0.3) is 11.8 Å². The molecule has 1 aromatic heterocycles. The molecule has 0 unspecified atom stereocenters. The molecule has 0 spiro atoms. The maximum atomic E-state index is 14.9. The van der Waals surface area contributed by atoms with Gasteiger partial charge in [0.25, 0.3) is 0 Å². The molecular formula is C27H24F4N2O4. The molecule has 1 saturated heterocycles. The van der Waals surface area contributed by atoms with E-state index in [2.05, 4.69) is 0 Å². The highest BCUT2D eigenvalue weighted by atomic mass is 19.4. The van der Waals surface area contributed by atoms with E-state index in [0.29, 0.717) is 26.1 Å². The molecule has 0 bridgehead atoms. The van der Waals surface area contributed by atoms with Crippen LogP contribution >= 0.6 is 0 Å². The van der Waals surface area contributed by atoms with Gasteiger partial charge in [-0.1, -0.05) is 6.07 Å². The van der Waals surface area contributed by atoms with E-state index >= 15 is 0 Å². The van der Waals surface area contributed by atoms with Crippen LogP contribution in [0.15, 0.2) is 60.4 Å².